The smallest absolute Gasteiger partial charge is 0.410 e. The van der Waals surface area contributed by atoms with Gasteiger partial charge in [0.25, 0.3) is 16.1 Å². The molecule has 4 amide bonds. The van der Waals surface area contributed by atoms with Gasteiger partial charge in [-0.1, -0.05) is 18.2 Å². The minimum atomic E-state index is -3.43. The second kappa shape index (κ2) is 16.4. The number of anilines is 1. The van der Waals surface area contributed by atoms with Crippen LogP contribution in [0, 0.1) is 11.8 Å². The van der Waals surface area contributed by atoms with Crippen molar-refractivity contribution in [3.63, 3.8) is 0 Å². The molecule has 0 aromatic heterocycles. The van der Waals surface area contributed by atoms with E-state index >= 15 is 0 Å². The minimum Gasteiger partial charge on any atom is -0.506 e. The molecule has 4 heterocycles. The molecule has 0 saturated carbocycles. The highest BCUT2D eigenvalue weighted by Crippen LogP contribution is 2.36. The van der Waals surface area contributed by atoms with Crippen LogP contribution in [0.25, 0.3) is 0 Å². The molecule has 1 atom stereocenters. The molecule has 3 saturated heterocycles. The Kier molecular flexibility index (Phi) is 12.2. The fraction of sp³-hybridized carbons (Fsp3) is 0.571. The first kappa shape index (κ1) is 37.8. The highest BCUT2D eigenvalue weighted by molar-refractivity contribution is 9.11. The molecular weight excluding hydrogens is 808 g/mol. The van der Waals surface area contributed by atoms with Crippen molar-refractivity contribution in [1.82, 2.24) is 23.7 Å². The normalized spacial score (nSPS) is 20.8. The van der Waals surface area contributed by atoms with Gasteiger partial charge in [0.2, 0.25) is 0 Å². The second-order valence-corrected chi connectivity index (χ2v) is 17.4. The van der Waals surface area contributed by atoms with E-state index in [-0.39, 0.29) is 30.2 Å². The zero-order valence-corrected chi connectivity index (χ0v) is 32.7. The molecule has 3 N–H and O–H groups in total. The maximum atomic E-state index is 14.1. The Morgan fingerprint density at radius 2 is 1.51 bits per heavy atom. The van der Waals surface area contributed by atoms with Crippen LogP contribution in [0.15, 0.2) is 45.3 Å². The van der Waals surface area contributed by atoms with Gasteiger partial charge < -0.3 is 29.9 Å². The van der Waals surface area contributed by atoms with Gasteiger partial charge in [-0.3, -0.25) is 4.79 Å². The lowest BCUT2D eigenvalue weighted by Crippen LogP contribution is -2.52. The number of rotatable bonds is 8. The van der Waals surface area contributed by atoms with Crippen molar-refractivity contribution in [3.05, 3.63) is 56.5 Å². The third-order valence-electron chi connectivity index (χ3n) is 10.9. The van der Waals surface area contributed by atoms with Crippen molar-refractivity contribution >= 4 is 65.8 Å². The van der Waals surface area contributed by atoms with E-state index < -0.39 is 22.4 Å². The Morgan fingerprint density at radius 3 is 2.14 bits per heavy atom. The molecular formula is C35H46Br2N6O7S. The van der Waals surface area contributed by atoms with E-state index in [2.05, 4.69) is 41.9 Å². The standard InChI is InChI=1S/C35H46Br2N6O7S/c1-38-51(48,49)42-17-8-25(9-18-42)24-6-13-40(14-7-24)33(45)31(22-23-20-28(36)32(44)29(37)21-23)50-35(47)41-15-11-27(12-16-41)43-19-10-26-4-2-3-5-30(26)39-34(43)46/h2-5,20-21,24-25,27,31,38,44H,6-19,22H2,1H3,(H,39,46)/t31-/m1/s1. The summed E-state index contributed by atoms with van der Waals surface area (Å²) >= 11 is 6.74. The Morgan fingerprint density at radius 1 is 0.922 bits per heavy atom. The van der Waals surface area contributed by atoms with Gasteiger partial charge in [0, 0.05) is 71.0 Å². The first-order valence-electron chi connectivity index (χ1n) is 17.7. The molecule has 0 unspecified atom stereocenters. The number of hydrogen-bond acceptors (Lipinski definition) is 7. The highest BCUT2D eigenvalue weighted by Gasteiger charge is 2.38. The third-order valence-corrected chi connectivity index (χ3v) is 13.7. The number of benzene rings is 2. The molecule has 2 aromatic carbocycles. The molecule has 6 rings (SSSR count). The summed E-state index contributed by atoms with van der Waals surface area (Å²) in [7, 11) is -2.00. The van der Waals surface area contributed by atoms with Gasteiger partial charge >= 0.3 is 12.1 Å². The predicted octanol–water partition coefficient (Wildman–Crippen LogP) is 4.93. The summed E-state index contributed by atoms with van der Waals surface area (Å²) < 4.78 is 35.3. The van der Waals surface area contributed by atoms with Crippen molar-refractivity contribution < 1.29 is 32.6 Å². The minimum absolute atomic E-state index is 0.0197. The van der Waals surface area contributed by atoms with Gasteiger partial charge in [0.1, 0.15) is 5.75 Å². The monoisotopic (exact) mass is 852 g/mol. The Balaban J connectivity index is 1.07. The molecule has 0 spiro atoms. The lowest BCUT2D eigenvalue weighted by atomic mass is 9.79. The van der Waals surface area contributed by atoms with Gasteiger partial charge in [-0.15, -0.1) is 0 Å². The van der Waals surface area contributed by atoms with Crippen LogP contribution in [0.2, 0.25) is 0 Å². The molecule has 0 aliphatic carbocycles. The number of amides is 4. The summed E-state index contributed by atoms with van der Waals surface area (Å²) in [6, 6.07) is 11.1. The van der Waals surface area contributed by atoms with Crippen molar-refractivity contribution in [2.24, 2.45) is 11.8 Å². The maximum absolute atomic E-state index is 14.1. The number of urea groups is 1. The zero-order chi connectivity index (χ0) is 36.3. The number of nitrogens with one attached hydrogen (secondary N) is 2. The Labute approximate surface area is 316 Å². The van der Waals surface area contributed by atoms with Gasteiger partial charge in [-0.2, -0.15) is 12.7 Å². The number of likely N-dealkylation sites (tertiary alicyclic amines) is 2. The van der Waals surface area contributed by atoms with E-state index in [0.717, 1.165) is 43.4 Å². The molecule has 0 bridgehead atoms. The number of ether oxygens (including phenoxy) is 1. The van der Waals surface area contributed by atoms with Crippen LogP contribution >= 0.6 is 31.9 Å². The first-order chi connectivity index (χ1) is 24.4. The summed E-state index contributed by atoms with van der Waals surface area (Å²) in [5, 5.41) is 13.3. The number of phenolic OH excluding ortho intramolecular Hbond substituents is 1. The lowest BCUT2D eigenvalue weighted by Gasteiger charge is -2.40. The SMILES string of the molecule is CNS(=O)(=O)N1CCC(C2CCN(C(=O)[C@@H](Cc3cc(Br)c(O)c(Br)c3)OC(=O)N3CCC(N4CCc5ccccc5NC4=O)CC3)CC2)CC1. The van der Waals surface area contributed by atoms with Crippen LogP contribution in [0.3, 0.4) is 0 Å². The van der Waals surface area contributed by atoms with Crippen LogP contribution in [0.4, 0.5) is 15.3 Å². The molecule has 51 heavy (non-hydrogen) atoms. The lowest BCUT2D eigenvalue weighted by molar-refractivity contribution is -0.142. The number of carbonyl (C=O) groups is 3. The molecule has 16 heteroatoms. The molecule has 3 fully saturated rings. The summed E-state index contributed by atoms with van der Waals surface area (Å²) in [5.41, 5.74) is 2.65. The fourth-order valence-electron chi connectivity index (χ4n) is 7.94. The van der Waals surface area contributed by atoms with Crippen LogP contribution in [0.5, 0.6) is 5.75 Å². The van der Waals surface area contributed by atoms with E-state index in [1.54, 1.807) is 21.9 Å². The maximum Gasteiger partial charge on any atom is 0.410 e. The van der Waals surface area contributed by atoms with Gasteiger partial charge in [0.05, 0.1) is 8.95 Å². The van der Waals surface area contributed by atoms with E-state index in [9.17, 15) is 27.9 Å². The van der Waals surface area contributed by atoms with Crippen molar-refractivity contribution in [3.8, 4) is 5.75 Å². The third kappa shape index (κ3) is 8.83. The van der Waals surface area contributed by atoms with E-state index in [1.165, 1.54) is 11.4 Å². The second-order valence-electron chi connectivity index (χ2n) is 13.8. The number of phenols is 1. The molecule has 2 aromatic rings. The molecule has 4 aliphatic heterocycles. The summed E-state index contributed by atoms with van der Waals surface area (Å²) in [6.45, 7) is 3.43. The molecule has 0 radical (unpaired) electrons. The van der Waals surface area contributed by atoms with E-state index in [0.29, 0.717) is 85.0 Å². The predicted molar refractivity (Wildman–Crippen MR) is 200 cm³/mol. The summed E-state index contributed by atoms with van der Waals surface area (Å²) in [5.74, 6) is 0.567. The van der Waals surface area contributed by atoms with Crippen LogP contribution in [-0.2, 0) is 32.6 Å². The average Bonchev–Trinajstić information content (AvgIpc) is 3.31. The Bertz CT molecular complexity index is 1680. The van der Waals surface area contributed by atoms with Crippen LogP contribution < -0.4 is 10.0 Å². The first-order valence-corrected chi connectivity index (χ1v) is 20.7. The van der Waals surface area contributed by atoms with E-state index in [1.807, 2.05) is 29.2 Å². The van der Waals surface area contributed by atoms with Gasteiger partial charge in [0.15, 0.2) is 6.10 Å². The Hall–Kier alpha value is -2.92. The van der Waals surface area contributed by atoms with Crippen molar-refractivity contribution in [2.75, 3.05) is 58.2 Å². The number of carbonyl (C=O) groups excluding carboxylic acids is 3. The number of hydrogen-bond donors (Lipinski definition) is 3. The van der Waals surface area contributed by atoms with Crippen LogP contribution in [0.1, 0.15) is 49.7 Å². The van der Waals surface area contributed by atoms with E-state index in [4.69, 9.17) is 4.74 Å². The fourth-order valence-corrected chi connectivity index (χ4v) is 10.2. The average molecular weight is 855 g/mol. The van der Waals surface area contributed by atoms with Gasteiger partial charge in [-0.25, -0.2) is 14.3 Å². The molecule has 278 valence electrons. The largest absolute Gasteiger partial charge is 0.506 e. The zero-order valence-electron chi connectivity index (χ0n) is 28.7. The molecule has 4 aliphatic rings. The number of halogens is 2. The highest BCUT2D eigenvalue weighted by atomic mass is 79.9. The summed E-state index contributed by atoms with van der Waals surface area (Å²) in [4.78, 5) is 46.1. The van der Waals surface area contributed by atoms with Crippen LogP contribution in [-0.4, -0.2) is 116 Å². The number of fused-ring (bicyclic) bond motifs is 1. The number of aromatic hydroxyl groups is 1. The van der Waals surface area contributed by atoms with Gasteiger partial charge in [-0.05, 0) is 118 Å². The number of para-hydroxylation sites is 1. The van der Waals surface area contributed by atoms with Crippen molar-refractivity contribution in [2.45, 2.75) is 63.5 Å². The van der Waals surface area contributed by atoms with Crippen molar-refractivity contribution in [1.29, 1.82) is 0 Å². The number of piperidine rings is 3. The molecule has 13 nitrogen and oxygen atoms in total. The number of nitrogens with zero attached hydrogens (tertiary/aromatic N) is 4. The summed E-state index contributed by atoms with van der Waals surface area (Å²) in [6.07, 6.45) is 3.63. The topological polar surface area (TPSA) is 152 Å². The quantitative estimate of drug-likeness (QED) is 0.341.